The van der Waals surface area contributed by atoms with E-state index < -0.39 is 6.03 Å². The lowest BCUT2D eigenvalue weighted by molar-refractivity contribution is 0.251. The van der Waals surface area contributed by atoms with Crippen molar-refractivity contribution in [3.63, 3.8) is 0 Å². The van der Waals surface area contributed by atoms with Crippen molar-refractivity contribution in [1.29, 1.82) is 0 Å². The number of nitrogens with zero attached hydrogens (tertiary/aromatic N) is 1. The predicted octanol–water partition coefficient (Wildman–Crippen LogP) is 3.53. The first-order valence-corrected chi connectivity index (χ1v) is 7.68. The fourth-order valence-corrected chi connectivity index (χ4v) is 3.17. The minimum Gasteiger partial charge on any atom is -0.497 e. The number of amides is 2. The summed E-state index contributed by atoms with van der Waals surface area (Å²) in [5, 5.41) is 3.54. The first-order chi connectivity index (χ1) is 11.1. The molecule has 23 heavy (non-hydrogen) atoms. The molecule has 1 aliphatic heterocycles. The third kappa shape index (κ3) is 2.95. The number of urea groups is 1. The third-order valence-electron chi connectivity index (χ3n) is 4.26. The summed E-state index contributed by atoms with van der Waals surface area (Å²) >= 11 is 0. The molecule has 2 amide bonds. The maximum absolute atomic E-state index is 11.8. The summed E-state index contributed by atoms with van der Waals surface area (Å²) in [6, 6.07) is 15.5. The minimum atomic E-state index is -0.409. The maximum Gasteiger partial charge on any atom is 0.319 e. The first-order valence-electron chi connectivity index (χ1n) is 7.68. The Kier molecular flexibility index (Phi) is 4.10. The van der Waals surface area contributed by atoms with Gasteiger partial charge in [0, 0.05) is 11.7 Å². The van der Waals surface area contributed by atoms with E-state index in [2.05, 4.69) is 5.32 Å². The molecular formula is C18H21N3O2. The van der Waals surface area contributed by atoms with Gasteiger partial charge in [-0.25, -0.2) is 4.79 Å². The number of carbonyl (C=O) groups is 1. The van der Waals surface area contributed by atoms with E-state index in [1.807, 2.05) is 55.5 Å². The van der Waals surface area contributed by atoms with Gasteiger partial charge < -0.3 is 15.8 Å². The molecular weight excluding hydrogens is 290 g/mol. The maximum atomic E-state index is 11.8. The molecule has 5 nitrogen and oxygen atoms in total. The highest BCUT2D eigenvalue weighted by Crippen LogP contribution is 2.38. The molecule has 5 heteroatoms. The van der Waals surface area contributed by atoms with Crippen LogP contribution in [0.5, 0.6) is 5.75 Å². The molecule has 2 aromatic carbocycles. The molecule has 3 N–H and O–H groups in total. The van der Waals surface area contributed by atoms with Gasteiger partial charge in [-0.1, -0.05) is 18.2 Å². The second-order valence-electron chi connectivity index (χ2n) is 5.78. The fourth-order valence-electron chi connectivity index (χ4n) is 3.17. The van der Waals surface area contributed by atoms with Crippen LogP contribution in [0.4, 0.5) is 16.2 Å². The molecule has 0 aromatic heterocycles. The molecule has 0 spiro atoms. The average Bonchev–Trinajstić information content (AvgIpc) is 2.55. The highest BCUT2D eigenvalue weighted by atomic mass is 16.5. The Bertz CT molecular complexity index is 700. The number of hydrogen-bond acceptors (Lipinski definition) is 3. The summed E-state index contributed by atoms with van der Waals surface area (Å²) in [7, 11) is 1.65. The Morgan fingerprint density at radius 2 is 1.91 bits per heavy atom. The summed E-state index contributed by atoms with van der Waals surface area (Å²) in [6.07, 6.45) is 0.798. The lowest BCUT2D eigenvalue weighted by Gasteiger charge is -2.39. The number of benzene rings is 2. The van der Waals surface area contributed by atoms with Gasteiger partial charge in [0.2, 0.25) is 0 Å². The van der Waals surface area contributed by atoms with Gasteiger partial charge >= 0.3 is 6.03 Å². The molecule has 3 rings (SSSR count). The Morgan fingerprint density at radius 1 is 1.22 bits per heavy atom. The van der Waals surface area contributed by atoms with E-state index in [-0.39, 0.29) is 12.1 Å². The molecule has 0 bridgehead atoms. The van der Waals surface area contributed by atoms with Crippen LogP contribution in [0, 0.1) is 0 Å². The Morgan fingerprint density at radius 3 is 2.57 bits per heavy atom. The number of nitrogens with one attached hydrogen (secondary N) is 1. The lowest BCUT2D eigenvalue weighted by Crippen LogP contribution is -2.47. The molecule has 2 atom stereocenters. The number of rotatable bonds is 3. The molecule has 0 saturated carbocycles. The molecule has 0 saturated heterocycles. The van der Waals surface area contributed by atoms with E-state index >= 15 is 0 Å². The number of hydrogen-bond donors (Lipinski definition) is 2. The smallest absolute Gasteiger partial charge is 0.319 e. The van der Waals surface area contributed by atoms with Crippen LogP contribution in [-0.2, 0) is 0 Å². The van der Waals surface area contributed by atoms with Crippen molar-refractivity contribution in [3.8, 4) is 5.75 Å². The van der Waals surface area contributed by atoms with Crippen LogP contribution in [0.1, 0.15) is 24.9 Å². The molecule has 0 radical (unpaired) electrons. The van der Waals surface area contributed by atoms with Gasteiger partial charge in [-0.05, 0) is 49.2 Å². The highest BCUT2D eigenvalue weighted by Gasteiger charge is 2.32. The molecule has 120 valence electrons. The summed E-state index contributed by atoms with van der Waals surface area (Å²) in [6.45, 7) is 2.02. The van der Waals surface area contributed by atoms with E-state index in [1.54, 1.807) is 12.0 Å². The predicted molar refractivity (Wildman–Crippen MR) is 91.9 cm³/mol. The SMILES string of the molecule is COc1ccc(NC2CC(C)N(C(N)=O)c3ccccc32)cc1. The van der Waals surface area contributed by atoms with Crippen LogP contribution in [-0.4, -0.2) is 19.2 Å². The lowest BCUT2D eigenvalue weighted by atomic mass is 9.91. The zero-order valence-electron chi connectivity index (χ0n) is 13.3. The summed E-state index contributed by atoms with van der Waals surface area (Å²) < 4.78 is 5.19. The van der Waals surface area contributed by atoms with Crippen molar-refractivity contribution in [1.82, 2.24) is 0 Å². The van der Waals surface area contributed by atoms with Gasteiger partial charge in [0.15, 0.2) is 0 Å². The number of para-hydroxylation sites is 1. The third-order valence-corrected chi connectivity index (χ3v) is 4.26. The number of primary amides is 1. The van der Waals surface area contributed by atoms with Crippen molar-refractivity contribution >= 4 is 17.4 Å². The van der Waals surface area contributed by atoms with Crippen LogP contribution in [0.15, 0.2) is 48.5 Å². The molecule has 1 heterocycles. The van der Waals surface area contributed by atoms with Crippen LogP contribution in [0.25, 0.3) is 0 Å². The van der Waals surface area contributed by atoms with Gasteiger partial charge in [0.25, 0.3) is 0 Å². The first kappa shape index (κ1) is 15.2. The van der Waals surface area contributed by atoms with E-state index in [9.17, 15) is 4.79 Å². The zero-order valence-corrected chi connectivity index (χ0v) is 13.3. The van der Waals surface area contributed by atoms with Crippen LogP contribution in [0.2, 0.25) is 0 Å². The largest absolute Gasteiger partial charge is 0.497 e. The van der Waals surface area contributed by atoms with E-state index in [1.165, 1.54) is 0 Å². The number of anilines is 2. The van der Waals surface area contributed by atoms with Crippen molar-refractivity contribution in [3.05, 3.63) is 54.1 Å². The molecule has 1 aliphatic rings. The number of carbonyl (C=O) groups excluding carboxylic acids is 1. The molecule has 0 aliphatic carbocycles. The van der Waals surface area contributed by atoms with E-state index in [0.717, 1.165) is 29.1 Å². The Hall–Kier alpha value is -2.69. The monoisotopic (exact) mass is 311 g/mol. The number of ether oxygens (including phenoxy) is 1. The van der Waals surface area contributed by atoms with Crippen molar-refractivity contribution in [2.75, 3.05) is 17.3 Å². The van der Waals surface area contributed by atoms with Crippen LogP contribution >= 0.6 is 0 Å². The minimum absolute atomic E-state index is 0.0400. The number of fused-ring (bicyclic) bond motifs is 1. The Balaban J connectivity index is 1.90. The van der Waals surface area contributed by atoms with Gasteiger partial charge in [0.1, 0.15) is 5.75 Å². The summed E-state index contributed by atoms with van der Waals surface area (Å²) in [5.41, 5.74) is 8.54. The van der Waals surface area contributed by atoms with Crippen molar-refractivity contribution in [2.45, 2.75) is 25.4 Å². The number of methoxy groups -OCH3 is 1. The second kappa shape index (κ2) is 6.20. The summed E-state index contributed by atoms with van der Waals surface area (Å²) in [4.78, 5) is 13.4. The summed E-state index contributed by atoms with van der Waals surface area (Å²) in [5.74, 6) is 0.827. The normalized spacial score (nSPS) is 19.8. The molecule has 2 aromatic rings. The van der Waals surface area contributed by atoms with Gasteiger partial charge in [-0.3, -0.25) is 4.90 Å². The van der Waals surface area contributed by atoms with Crippen molar-refractivity contribution in [2.24, 2.45) is 5.73 Å². The van der Waals surface area contributed by atoms with Gasteiger partial charge in [0.05, 0.1) is 18.8 Å². The molecule has 2 unspecified atom stereocenters. The number of nitrogens with two attached hydrogens (primary N) is 1. The average molecular weight is 311 g/mol. The fraction of sp³-hybridized carbons (Fsp3) is 0.278. The molecule has 0 fully saturated rings. The Labute approximate surface area is 136 Å². The van der Waals surface area contributed by atoms with Crippen LogP contribution in [0.3, 0.4) is 0 Å². The van der Waals surface area contributed by atoms with E-state index in [0.29, 0.717) is 0 Å². The standard InChI is InChI=1S/C18H21N3O2/c1-12-11-16(20-13-7-9-14(23-2)10-8-13)15-5-3-4-6-17(15)21(12)18(19)22/h3-10,12,16,20H,11H2,1-2H3,(H2,19,22). The van der Waals surface area contributed by atoms with Gasteiger partial charge in [-0.15, -0.1) is 0 Å². The van der Waals surface area contributed by atoms with Gasteiger partial charge in [-0.2, -0.15) is 0 Å². The van der Waals surface area contributed by atoms with E-state index in [4.69, 9.17) is 10.5 Å². The van der Waals surface area contributed by atoms with Crippen molar-refractivity contribution < 1.29 is 9.53 Å². The topological polar surface area (TPSA) is 67.6 Å². The second-order valence-corrected chi connectivity index (χ2v) is 5.78. The highest BCUT2D eigenvalue weighted by molar-refractivity contribution is 5.93. The zero-order chi connectivity index (χ0) is 16.4. The van der Waals surface area contributed by atoms with Crippen LogP contribution < -0.4 is 20.7 Å². The quantitative estimate of drug-likeness (QED) is 0.911.